The van der Waals surface area contributed by atoms with E-state index in [1.54, 1.807) is 6.92 Å². The zero-order valence-electron chi connectivity index (χ0n) is 8.69. The molecule has 16 heavy (non-hydrogen) atoms. The summed E-state index contributed by atoms with van der Waals surface area (Å²) in [6.07, 6.45) is 0.421. The van der Waals surface area contributed by atoms with E-state index in [0.717, 1.165) is 0 Å². The smallest absolute Gasteiger partial charge is 0.271 e. The Morgan fingerprint density at radius 2 is 2.38 bits per heavy atom. The van der Waals surface area contributed by atoms with E-state index in [4.69, 9.17) is 18.0 Å². The number of aromatic amines is 1. The third kappa shape index (κ3) is 3.77. The van der Waals surface area contributed by atoms with Crippen LogP contribution in [0.1, 0.15) is 23.8 Å². The molecule has 0 radical (unpaired) electrons. The lowest BCUT2D eigenvalue weighted by Gasteiger charge is -2.11. The van der Waals surface area contributed by atoms with Gasteiger partial charge in [0.1, 0.15) is 5.69 Å². The van der Waals surface area contributed by atoms with Crippen molar-refractivity contribution in [3.63, 3.8) is 0 Å². The summed E-state index contributed by atoms with van der Waals surface area (Å²) in [6.45, 7) is 1.78. The van der Waals surface area contributed by atoms with Gasteiger partial charge in [-0.05, 0) is 13.0 Å². The van der Waals surface area contributed by atoms with Crippen molar-refractivity contribution >= 4 is 23.1 Å². The Balaban J connectivity index is 2.62. The minimum Gasteiger partial charge on any atom is -0.393 e. The van der Waals surface area contributed by atoms with Crippen LogP contribution in [0.5, 0.6) is 0 Å². The summed E-state index contributed by atoms with van der Waals surface area (Å²) >= 11 is 4.72. The highest BCUT2D eigenvalue weighted by atomic mass is 32.1. The van der Waals surface area contributed by atoms with Crippen molar-refractivity contribution in [2.75, 3.05) is 0 Å². The summed E-state index contributed by atoms with van der Waals surface area (Å²) in [5.74, 6) is -0.375. The summed E-state index contributed by atoms with van der Waals surface area (Å²) in [5, 5.41) is 8.43. The van der Waals surface area contributed by atoms with Crippen LogP contribution in [0, 0.1) is 0 Å². The van der Waals surface area contributed by atoms with Gasteiger partial charge in [0.15, 0.2) is 0 Å². The summed E-state index contributed by atoms with van der Waals surface area (Å²) in [7, 11) is 0. The maximum atomic E-state index is 11.6. The number of carbonyl (C=O) groups excluding carboxylic acids is 1. The highest BCUT2D eigenvalue weighted by molar-refractivity contribution is 7.80. The fourth-order valence-corrected chi connectivity index (χ4v) is 1.37. The minimum absolute atomic E-state index is 0.148. The second-order valence-electron chi connectivity index (χ2n) is 3.35. The van der Waals surface area contributed by atoms with Crippen molar-refractivity contribution in [3.8, 4) is 0 Å². The number of nitrogens with two attached hydrogens (primary N) is 1. The molecule has 7 heteroatoms. The van der Waals surface area contributed by atoms with Crippen LogP contribution in [0.4, 0.5) is 0 Å². The lowest BCUT2D eigenvalue weighted by molar-refractivity contribution is 0.0935. The molecule has 1 unspecified atom stereocenters. The van der Waals surface area contributed by atoms with Gasteiger partial charge in [-0.2, -0.15) is 5.10 Å². The predicted molar refractivity (Wildman–Crippen MR) is 63.2 cm³/mol. The molecule has 1 heterocycles. The van der Waals surface area contributed by atoms with E-state index in [1.165, 1.54) is 12.1 Å². The van der Waals surface area contributed by atoms with E-state index < -0.39 is 0 Å². The van der Waals surface area contributed by atoms with E-state index >= 15 is 0 Å². The molecular weight excluding hydrogens is 228 g/mol. The quantitative estimate of drug-likeness (QED) is 0.620. The van der Waals surface area contributed by atoms with Crippen molar-refractivity contribution in [2.24, 2.45) is 5.73 Å². The summed E-state index contributed by atoms with van der Waals surface area (Å²) in [4.78, 5) is 22.6. The van der Waals surface area contributed by atoms with Gasteiger partial charge in [0.25, 0.3) is 11.5 Å². The fourth-order valence-electron chi connectivity index (χ4n) is 1.12. The molecule has 1 aromatic heterocycles. The maximum absolute atomic E-state index is 11.6. The highest BCUT2D eigenvalue weighted by Gasteiger charge is 2.11. The average molecular weight is 240 g/mol. The number of nitrogens with one attached hydrogen (secondary N) is 2. The first kappa shape index (κ1) is 12.3. The zero-order chi connectivity index (χ0) is 12.1. The van der Waals surface area contributed by atoms with Gasteiger partial charge in [-0.3, -0.25) is 9.59 Å². The first-order valence-corrected chi connectivity index (χ1v) is 5.05. The number of nitrogens with zero attached hydrogens (tertiary/aromatic N) is 1. The number of hydrogen-bond acceptors (Lipinski definition) is 4. The summed E-state index contributed by atoms with van der Waals surface area (Å²) < 4.78 is 0. The van der Waals surface area contributed by atoms with Crippen molar-refractivity contribution in [2.45, 2.75) is 19.4 Å². The molecule has 4 N–H and O–H groups in total. The topological polar surface area (TPSA) is 101 Å². The minimum atomic E-state index is -0.375. The lowest BCUT2D eigenvalue weighted by Crippen LogP contribution is -2.36. The number of H-pyrrole nitrogens is 1. The average Bonchev–Trinajstić information content (AvgIpc) is 2.16. The van der Waals surface area contributed by atoms with Crippen molar-refractivity contribution < 1.29 is 4.79 Å². The molecule has 0 saturated heterocycles. The summed E-state index contributed by atoms with van der Waals surface area (Å²) in [5.41, 5.74) is 5.14. The molecule has 0 bridgehead atoms. The number of thiocarbonyl (C=S) groups is 1. The SMILES string of the molecule is CC(CC(N)=S)NC(=O)c1ccc(=O)[nH]n1. The molecular formula is C9H12N4O2S. The molecule has 0 aliphatic heterocycles. The highest BCUT2D eigenvalue weighted by Crippen LogP contribution is 1.94. The van der Waals surface area contributed by atoms with E-state index in [1.807, 2.05) is 0 Å². The molecule has 0 saturated carbocycles. The van der Waals surface area contributed by atoms with E-state index in [-0.39, 0.29) is 23.2 Å². The van der Waals surface area contributed by atoms with Crippen LogP contribution in [0.25, 0.3) is 0 Å². The Morgan fingerprint density at radius 1 is 1.69 bits per heavy atom. The first-order chi connectivity index (χ1) is 7.49. The van der Waals surface area contributed by atoms with Crippen LogP contribution < -0.4 is 16.6 Å². The Kier molecular flexibility index (Phi) is 4.12. The third-order valence-corrected chi connectivity index (χ3v) is 1.96. The molecule has 0 aromatic carbocycles. The monoisotopic (exact) mass is 240 g/mol. The van der Waals surface area contributed by atoms with Gasteiger partial charge in [-0.25, -0.2) is 5.10 Å². The third-order valence-electron chi connectivity index (χ3n) is 1.80. The van der Waals surface area contributed by atoms with Gasteiger partial charge < -0.3 is 11.1 Å². The molecule has 1 aromatic rings. The molecule has 1 amide bonds. The van der Waals surface area contributed by atoms with Gasteiger partial charge in [0.2, 0.25) is 0 Å². The number of aromatic nitrogens is 2. The second kappa shape index (κ2) is 5.36. The molecule has 0 spiro atoms. The predicted octanol–water partition coefficient (Wildman–Crippen LogP) is -0.436. The lowest BCUT2D eigenvalue weighted by atomic mass is 10.2. The van der Waals surface area contributed by atoms with Gasteiger partial charge >= 0.3 is 0 Å². The molecule has 6 nitrogen and oxygen atoms in total. The van der Waals surface area contributed by atoms with Crippen LogP contribution in [0.2, 0.25) is 0 Å². The molecule has 1 rings (SSSR count). The molecule has 0 aliphatic rings. The molecule has 0 fully saturated rings. The van der Waals surface area contributed by atoms with Crippen molar-refractivity contribution in [1.82, 2.24) is 15.5 Å². The standard InChI is InChI=1S/C9H12N4O2S/c1-5(4-7(10)16)11-9(15)6-2-3-8(14)13-12-6/h2-3,5H,4H2,1H3,(H2,10,16)(H,11,15)(H,13,14). The Hall–Kier alpha value is -1.76. The number of amides is 1. The van der Waals surface area contributed by atoms with Gasteiger partial charge in [0.05, 0.1) is 4.99 Å². The van der Waals surface area contributed by atoms with Crippen molar-refractivity contribution in [3.05, 3.63) is 28.2 Å². The zero-order valence-corrected chi connectivity index (χ0v) is 9.50. The van der Waals surface area contributed by atoms with E-state index in [2.05, 4.69) is 15.5 Å². The molecule has 0 aliphatic carbocycles. The second-order valence-corrected chi connectivity index (χ2v) is 3.88. The number of hydrogen-bond donors (Lipinski definition) is 3. The number of carbonyl (C=O) groups is 1. The molecule has 86 valence electrons. The van der Waals surface area contributed by atoms with Gasteiger partial charge in [-0.1, -0.05) is 12.2 Å². The van der Waals surface area contributed by atoms with Crippen molar-refractivity contribution in [1.29, 1.82) is 0 Å². The maximum Gasteiger partial charge on any atom is 0.271 e. The Bertz CT molecular complexity index is 437. The normalized spacial score (nSPS) is 11.8. The Morgan fingerprint density at radius 3 is 2.88 bits per heavy atom. The van der Waals surface area contributed by atoms with Crippen LogP contribution in [0.15, 0.2) is 16.9 Å². The molecule has 1 atom stereocenters. The van der Waals surface area contributed by atoms with Crippen LogP contribution in [-0.2, 0) is 0 Å². The first-order valence-electron chi connectivity index (χ1n) is 4.64. The van der Waals surface area contributed by atoms with Crippen LogP contribution in [-0.4, -0.2) is 27.1 Å². The van der Waals surface area contributed by atoms with E-state index in [0.29, 0.717) is 11.4 Å². The summed E-state index contributed by atoms with van der Waals surface area (Å²) in [6, 6.07) is 2.42. The van der Waals surface area contributed by atoms with Gasteiger partial charge in [-0.15, -0.1) is 0 Å². The van der Waals surface area contributed by atoms with Crippen LogP contribution in [0.3, 0.4) is 0 Å². The Labute approximate surface area is 97.2 Å². The van der Waals surface area contributed by atoms with E-state index in [9.17, 15) is 9.59 Å². The number of rotatable bonds is 4. The van der Waals surface area contributed by atoms with Crippen LogP contribution >= 0.6 is 12.2 Å². The largest absolute Gasteiger partial charge is 0.393 e. The van der Waals surface area contributed by atoms with Gasteiger partial charge in [0, 0.05) is 18.5 Å². The fraction of sp³-hybridized carbons (Fsp3) is 0.333.